The maximum Gasteiger partial charge on any atom is 0.341 e. The lowest BCUT2D eigenvalue weighted by molar-refractivity contribution is -0.545. The molecule has 4 rings (SSSR count). The summed E-state index contributed by atoms with van der Waals surface area (Å²) >= 11 is 0. The number of carboxylic acids is 2. The van der Waals surface area contributed by atoms with Gasteiger partial charge in [0.1, 0.15) is 5.69 Å². The number of hydrazone groups is 1. The number of carboxylic acid groups (broad SMARTS) is 2. The van der Waals surface area contributed by atoms with E-state index in [0.29, 0.717) is 11.5 Å². The number of carbonyl (C=O) groups is 2. The van der Waals surface area contributed by atoms with E-state index >= 15 is 0 Å². The first-order valence-corrected chi connectivity index (χ1v) is 10.5. The number of rotatable bonds is 10. The zero-order valence-electron chi connectivity index (χ0n) is 18.9. The van der Waals surface area contributed by atoms with Gasteiger partial charge in [0, 0.05) is 6.07 Å². The van der Waals surface area contributed by atoms with Gasteiger partial charge < -0.3 is 32.1 Å². The SMILES string of the molecule is O=C(O)COc1cc([N+](=O)[O-])ccc1N1N=C(c2ccccc2)[NH2+]N1c1ccccc1OCC(=O)O.[Cl-]. The normalized spacial score (nSPS) is 12.4. The van der Waals surface area contributed by atoms with Crippen LogP contribution in [0.2, 0.25) is 0 Å². The molecule has 0 bridgehead atoms. The summed E-state index contributed by atoms with van der Waals surface area (Å²) in [6.07, 6.45) is 0. The fourth-order valence-corrected chi connectivity index (χ4v) is 3.37. The van der Waals surface area contributed by atoms with Gasteiger partial charge in [0.05, 0.1) is 16.6 Å². The molecule has 37 heavy (non-hydrogen) atoms. The quantitative estimate of drug-likeness (QED) is 0.161. The molecule has 192 valence electrons. The number of anilines is 2. The summed E-state index contributed by atoms with van der Waals surface area (Å²) in [5, 5.41) is 37.0. The molecule has 14 heteroatoms. The van der Waals surface area contributed by atoms with Crippen LogP contribution in [-0.4, -0.2) is 46.1 Å². The predicted octanol–water partition coefficient (Wildman–Crippen LogP) is -1.39. The molecule has 3 aromatic rings. The second kappa shape index (κ2) is 11.7. The van der Waals surface area contributed by atoms with Crippen molar-refractivity contribution in [3.8, 4) is 11.5 Å². The van der Waals surface area contributed by atoms with E-state index in [1.165, 1.54) is 17.3 Å². The van der Waals surface area contributed by atoms with Crippen LogP contribution in [0.3, 0.4) is 0 Å². The van der Waals surface area contributed by atoms with Gasteiger partial charge in [-0.1, -0.05) is 40.6 Å². The summed E-state index contributed by atoms with van der Waals surface area (Å²) in [5.74, 6) is -1.77. The average molecular weight is 530 g/mol. The van der Waals surface area contributed by atoms with Crippen LogP contribution in [0.15, 0.2) is 77.9 Å². The highest BCUT2D eigenvalue weighted by Gasteiger charge is 2.35. The van der Waals surface area contributed by atoms with Crippen LogP contribution in [-0.2, 0) is 9.59 Å². The Bertz CT molecular complexity index is 1340. The van der Waals surface area contributed by atoms with Gasteiger partial charge in [-0.05, 0) is 30.3 Å². The maximum atomic E-state index is 11.3. The first-order valence-electron chi connectivity index (χ1n) is 10.5. The number of benzene rings is 3. The van der Waals surface area contributed by atoms with Crippen molar-refractivity contribution in [1.82, 2.24) is 0 Å². The molecule has 0 aromatic heterocycles. The van der Waals surface area contributed by atoms with Gasteiger partial charge in [0.2, 0.25) is 0 Å². The number of hydrogen-bond donors (Lipinski definition) is 3. The Hall–Kier alpha value is -4.88. The first-order chi connectivity index (χ1) is 17.3. The summed E-state index contributed by atoms with van der Waals surface area (Å²) in [4.78, 5) is 32.9. The molecule has 13 nitrogen and oxygen atoms in total. The third kappa shape index (κ3) is 6.22. The van der Waals surface area contributed by atoms with Gasteiger partial charge in [-0.2, -0.15) is 5.43 Å². The molecule has 1 aliphatic rings. The zero-order chi connectivity index (χ0) is 25.7. The van der Waals surface area contributed by atoms with Crippen LogP contribution in [0.25, 0.3) is 0 Å². The fourth-order valence-electron chi connectivity index (χ4n) is 3.37. The number of hydrazine groups is 1. The number of nitro benzene ring substituents is 1. The molecule has 3 aromatic carbocycles. The topological polar surface area (TPSA) is 172 Å². The molecule has 0 aliphatic carbocycles. The fraction of sp³-hybridized carbons (Fsp3) is 0.0870. The van der Waals surface area contributed by atoms with E-state index in [1.54, 1.807) is 34.8 Å². The summed E-state index contributed by atoms with van der Waals surface area (Å²) in [6, 6.07) is 19.6. The van der Waals surface area contributed by atoms with Crippen LogP contribution < -0.4 is 37.5 Å². The number of aliphatic carboxylic acids is 2. The van der Waals surface area contributed by atoms with E-state index in [9.17, 15) is 19.7 Å². The van der Waals surface area contributed by atoms with Gasteiger partial charge in [0.25, 0.3) is 11.5 Å². The molecule has 0 radical (unpaired) electrons. The zero-order valence-corrected chi connectivity index (χ0v) is 19.7. The minimum atomic E-state index is -1.27. The Morgan fingerprint density at radius 3 is 2.16 bits per heavy atom. The highest BCUT2D eigenvalue weighted by atomic mass is 35.5. The Morgan fingerprint density at radius 2 is 1.51 bits per heavy atom. The van der Waals surface area contributed by atoms with Crippen molar-refractivity contribution in [3.05, 3.63) is 88.5 Å². The molecule has 0 amide bonds. The molecule has 0 unspecified atom stereocenters. The third-order valence-corrected chi connectivity index (χ3v) is 4.90. The van der Waals surface area contributed by atoms with Gasteiger partial charge in [0.15, 0.2) is 30.4 Å². The first kappa shape index (κ1) is 26.7. The Kier molecular flexibility index (Phi) is 8.45. The number of ether oxygens (including phenoxy) is 2. The summed E-state index contributed by atoms with van der Waals surface area (Å²) in [6.45, 7) is -1.32. The predicted molar refractivity (Wildman–Crippen MR) is 126 cm³/mol. The van der Waals surface area contributed by atoms with Crippen LogP contribution in [0.5, 0.6) is 11.5 Å². The van der Waals surface area contributed by atoms with Crippen molar-refractivity contribution in [1.29, 1.82) is 0 Å². The lowest BCUT2D eigenvalue weighted by Gasteiger charge is -2.26. The van der Waals surface area contributed by atoms with Crippen LogP contribution in [0, 0.1) is 10.1 Å². The number of hydrogen-bond acceptors (Lipinski definition) is 9. The van der Waals surface area contributed by atoms with Crippen molar-refractivity contribution in [3.63, 3.8) is 0 Å². The Balaban J connectivity index is 0.00000380. The molecule has 4 N–H and O–H groups in total. The number of quaternary nitrogens is 1. The molecular formula is C23H20ClN5O8. The number of nitro groups is 1. The van der Waals surface area contributed by atoms with Crippen molar-refractivity contribution in [2.24, 2.45) is 5.10 Å². The number of halogens is 1. The summed E-state index contributed by atoms with van der Waals surface area (Å²) in [5.41, 5.74) is 2.74. The van der Waals surface area contributed by atoms with Crippen LogP contribution in [0.4, 0.5) is 17.1 Å². The maximum absolute atomic E-state index is 11.3. The highest BCUT2D eigenvalue weighted by molar-refractivity contribution is 5.94. The highest BCUT2D eigenvalue weighted by Crippen LogP contribution is 2.37. The molecule has 0 atom stereocenters. The lowest BCUT2D eigenvalue weighted by Crippen LogP contribution is -3.00. The molecule has 0 spiro atoms. The number of nitrogens with zero attached hydrogens (tertiary/aromatic N) is 4. The molecule has 0 fully saturated rings. The molecule has 1 heterocycles. The van der Waals surface area contributed by atoms with Crippen molar-refractivity contribution >= 4 is 34.8 Å². The minimum Gasteiger partial charge on any atom is -1.00 e. The van der Waals surface area contributed by atoms with E-state index in [-0.39, 0.29) is 35.3 Å². The molecular weight excluding hydrogens is 510 g/mol. The van der Waals surface area contributed by atoms with E-state index in [0.717, 1.165) is 11.6 Å². The number of amidine groups is 1. The Labute approximate surface area is 215 Å². The van der Waals surface area contributed by atoms with Crippen molar-refractivity contribution < 1.29 is 52.0 Å². The smallest absolute Gasteiger partial charge is 0.341 e. The van der Waals surface area contributed by atoms with E-state index in [2.05, 4.69) is 5.10 Å². The second-order valence-corrected chi connectivity index (χ2v) is 7.36. The van der Waals surface area contributed by atoms with Gasteiger partial charge >= 0.3 is 11.9 Å². The molecule has 0 saturated heterocycles. The van der Waals surface area contributed by atoms with Gasteiger partial charge in [-0.25, -0.2) is 9.59 Å². The number of nitrogens with two attached hydrogens (primary N) is 1. The van der Waals surface area contributed by atoms with Crippen LogP contribution >= 0.6 is 0 Å². The van der Waals surface area contributed by atoms with E-state index in [1.807, 2.05) is 30.3 Å². The van der Waals surface area contributed by atoms with Crippen molar-refractivity contribution in [2.75, 3.05) is 23.4 Å². The second-order valence-electron chi connectivity index (χ2n) is 7.36. The number of para-hydroxylation sites is 2. The largest absolute Gasteiger partial charge is 1.00 e. The average Bonchev–Trinajstić information content (AvgIpc) is 3.31. The third-order valence-electron chi connectivity index (χ3n) is 4.90. The van der Waals surface area contributed by atoms with Crippen molar-refractivity contribution in [2.45, 2.75) is 0 Å². The lowest BCUT2D eigenvalue weighted by atomic mass is 10.2. The van der Waals surface area contributed by atoms with Gasteiger partial charge in [-0.15, -0.1) is 5.12 Å². The molecule has 1 aliphatic heterocycles. The summed E-state index contributed by atoms with van der Waals surface area (Å²) < 4.78 is 10.8. The van der Waals surface area contributed by atoms with E-state index in [4.69, 9.17) is 19.7 Å². The molecule has 0 saturated carbocycles. The number of non-ortho nitro benzene ring substituents is 1. The van der Waals surface area contributed by atoms with Gasteiger partial charge in [-0.3, -0.25) is 10.1 Å². The Morgan fingerprint density at radius 1 is 0.892 bits per heavy atom. The van der Waals surface area contributed by atoms with E-state index < -0.39 is 30.1 Å². The van der Waals surface area contributed by atoms with Crippen LogP contribution in [0.1, 0.15) is 5.56 Å². The minimum absolute atomic E-state index is 0. The monoisotopic (exact) mass is 529 g/mol. The standard InChI is InChI=1S/C23H19N5O8.ClH/c29-21(30)13-35-19-9-5-4-8-17(19)26-24-23(15-6-2-1-3-7-15)25-27(26)18-11-10-16(28(33)34)12-20(18)36-14-22(31)32;/h1-12H,13-14H2,(H,24,25)(H,29,30)(H,31,32);1H. The summed E-state index contributed by atoms with van der Waals surface area (Å²) in [7, 11) is 0.